The van der Waals surface area contributed by atoms with Crippen LogP contribution in [0, 0.1) is 17.3 Å². The largest absolute Gasteiger partial charge is 0.490 e. The van der Waals surface area contributed by atoms with Crippen molar-refractivity contribution in [3.8, 4) is 11.8 Å². The number of aliphatic carboxylic acids is 1. The Hall–Kier alpha value is -3.31. The number of fused-ring (bicyclic) bond motifs is 1. The van der Waals surface area contributed by atoms with Crippen LogP contribution in [0.1, 0.15) is 20.8 Å². The van der Waals surface area contributed by atoms with Gasteiger partial charge in [-0.15, -0.1) is 5.92 Å². The number of hydrogen-bond acceptors (Lipinski definition) is 7. The molecule has 3 N–H and O–H groups in total. The first-order valence-corrected chi connectivity index (χ1v) is 10.7. The number of carbonyl (C=O) groups is 1. The number of halogens is 3. The van der Waals surface area contributed by atoms with Gasteiger partial charge in [-0.05, 0) is 6.92 Å². The summed E-state index contributed by atoms with van der Waals surface area (Å²) in [4.78, 5) is 41.6. The highest BCUT2D eigenvalue weighted by molar-refractivity contribution is 5.75. The highest BCUT2D eigenvalue weighted by Gasteiger charge is 2.38. The lowest BCUT2D eigenvalue weighted by Gasteiger charge is -2.28. The van der Waals surface area contributed by atoms with Crippen LogP contribution in [0.15, 0.2) is 9.59 Å². The van der Waals surface area contributed by atoms with E-state index in [1.54, 1.807) is 11.5 Å². The monoisotopic (exact) mass is 502 g/mol. The van der Waals surface area contributed by atoms with Gasteiger partial charge in [0.25, 0.3) is 5.56 Å². The van der Waals surface area contributed by atoms with E-state index in [4.69, 9.17) is 14.9 Å². The van der Waals surface area contributed by atoms with E-state index in [2.05, 4.69) is 22.1 Å². The summed E-state index contributed by atoms with van der Waals surface area (Å²) in [6.07, 6.45) is -5.08. The van der Waals surface area contributed by atoms with Gasteiger partial charge >= 0.3 is 17.8 Å². The number of imidazole rings is 1. The van der Waals surface area contributed by atoms with Crippen LogP contribution in [0.4, 0.5) is 19.1 Å². The van der Waals surface area contributed by atoms with E-state index >= 15 is 0 Å². The molecule has 2 aromatic rings. The molecule has 1 saturated heterocycles. The van der Waals surface area contributed by atoms with E-state index in [1.807, 2.05) is 13.8 Å². The lowest BCUT2D eigenvalue weighted by molar-refractivity contribution is -0.192. The van der Waals surface area contributed by atoms with Crippen molar-refractivity contribution in [3.05, 3.63) is 20.8 Å². The minimum absolute atomic E-state index is 0.0869. The van der Waals surface area contributed by atoms with Crippen molar-refractivity contribution in [1.29, 1.82) is 0 Å². The molecule has 1 fully saturated rings. The number of piperazine rings is 1. The summed E-state index contributed by atoms with van der Waals surface area (Å²) >= 11 is 0. The van der Waals surface area contributed by atoms with Gasteiger partial charge in [0.15, 0.2) is 11.2 Å². The minimum atomic E-state index is -5.08. The van der Waals surface area contributed by atoms with Crippen LogP contribution in [0.25, 0.3) is 11.2 Å². The van der Waals surface area contributed by atoms with E-state index in [1.165, 1.54) is 11.6 Å². The molecular formula is C21H29F3N6O5. The zero-order valence-corrected chi connectivity index (χ0v) is 19.9. The highest BCUT2D eigenvalue weighted by Crippen LogP contribution is 2.23. The zero-order valence-electron chi connectivity index (χ0n) is 19.9. The van der Waals surface area contributed by atoms with Crippen molar-refractivity contribution >= 4 is 23.1 Å². The van der Waals surface area contributed by atoms with Crippen LogP contribution in [-0.4, -0.2) is 73.8 Å². The van der Waals surface area contributed by atoms with Crippen LogP contribution in [0.5, 0.6) is 0 Å². The van der Waals surface area contributed by atoms with Crippen molar-refractivity contribution in [1.82, 2.24) is 24.0 Å². The fraction of sp³-hybridized carbons (Fsp3) is 0.619. The molecule has 1 aliphatic heterocycles. The van der Waals surface area contributed by atoms with Crippen molar-refractivity contribution in [2.24, 2.45) is 12.5 Å². The first-order valence-electron chi connectivity index (χ1n) is 10.7. The average Bonchev–Trinajstić information content (AvgIpc) is 3.19. The van der Waals surface area contributed by atoms with Gasteiger partial charge < -0.3 is 20.4 Å². The maximum absolute atomic E-state index is 13.0. The molecule has 11 nitrogen and oxygen atoms in total. The predicted octanol–water partition coefficient (Wildman–Crippen LogP) is -0.0186. The summed E-state index contributed by atoms with van der Waals surface area (Å²) < 4.78 is 36.1. The topological polar surface area (TPSA) is 135 Å². The van der Waals surface area contributed by atoms with Gasteiger partial charge in [0.1, 0.15) is 0 Å². The van der Waals surface area contributed by atoms with Crippen LogP contribution < -0.4 is 21.5 Å². The summed E-state index contributed by atoms with van der Waals surface area (Å²) in [7, 11) is 1.47. The van der Waals surface area contributed by atoms with E-state index in [9.17, 15) is 27.9 Å². The Labute approximate surface area is 198 Å². The number of aromatic nitrogens is 4. The molecule has 0 unspecified atom stereocenters. The van der Waals surface area contributed by atoms with Gasteiger partial charge in [-0.2, -0.15) is 18.2 Å². The lowest BCUT2D eigenvalue weighted by atomic mass is 9.95. The smallest absolute Gasteiger partial charge is 0.475 e. The second kappa shape index (κ2) is 11.0. The summed E-state index contributed by atoms with van der Waals surface area (Å²) in [5, 5.41) is 20.1. The first kappa shape index (κ1) is 27.9. The van der Waals surface area contributed by atoms with Gasteiger partial charge in [0.2, 0.25) is 5.95 Å². The first-order chi connectivity index (χ1) is 16.2. The van der Waals surface area contributed by atoms with E-state index in [0.717, 1.165) is 30.7 Å². The van der Waals surface area contributed by atoms with Gasteiger partial charge in [0.05, 0.1) is 6.54 Å². The maximum atomic E-state index is 13.0. The second-order valence-electron chi connectivity index (χ2n) is 8.69. The molecule has 0 amide bonds. The van der Waals surface area contributed by atoms with Gasteiger partial charge in [-0.1, -0.05) is 19.8 Å². The Morgan fingerprint density at radius 3 is 2.23 bits per heavy atom. The molecule has 1 aliphatic rings. The molecule has 2 aromatic heterocycles. The molecule has 3 heterocycles. The van der Waals surface area contributed by atoms with Crippen molar-refractivity contribution in [2.45, 2.75) is 40.0 Å². The Morgan fingerprint density at radius 2 is 1.74 bits per heavy atom. The predicted molar refractivity (Wildman–Crippen MR) is 122 cm³/mol. The van der Waals surface area contributed by atoms with Crippen LogP contribution in [0.2, 0.25) is 0 Å². The number of nitrogens with one attached hydrogen (secondary N) is 1. The molecular weight excluding hydrogens is 473 g/mol. The maximum Gasteiger partial charge on any atom is 0.490 e. The molecule has 0 spiro atoms. The molecule has 0 aromatic carbocycles. The summed E-state index contributed by atoms with van der Waals surface area (Å²) in [5.41, 5.74) is -0.633. The fourth-order valence-corrected chi connectivity index (χ4v) is 3.38. The van der Waals surface area contributed by atoms with Crippen molar-refractivity contribution in [2.75, 3.05) is 37.7 Å². The Kier molecular flexibility index (Phi) is 8.74. The lowest BCUT2D eigenvalue weighted by Crippen LogP contribution is -2.44. The number of aliphatic hydroxyl groups is 1. The molecule has 0 atom stereocenters. The zero-order chi connectivity index (χ0) is 26.6. The number of rotatable bonds is 5. The standard InChI is InChI=1S/C19H28N6O3.C2HF3O2/c1-5-6-9-24-14-15(21-17(24)23-10-7-20-8-11-23)25(12-19(2,3)13-26)18(28)22(4)16(14)27;3-2(4,5)1(6)7/h20,26H,7-13H2,1-4H3;(H,6,7). The SMILES string of the molecule is CC#CCn1c(N2CCNCC2)nc2c1c(=O)n(C)c(=O)n2CC(C)(C)CO.O=C(O)C(F)(F)F. The number of anilines is 1. The minimum Gasteiger partial charge on any atom is -0.475 e. The molecule has 0 aliphatic carbocycles. The molecule has 0 bridgehead atoms. The normalized spacial score (nSPS) is 14.2. The number of carboxylic acid groups (broad SMARTS) is 1. The summed E-state index contributed by atoms with van der Waals surface area (Å²) in [6.45, 7) is 9.15. The Balaban J connectivity index is 0.000000540. The number of alkyl halides is 3. The molecule has 35 heavy (non-hydrogen) atoms. The van der Waals surface area contributed by atoms with Gasteiger partial charge in [-0.3, -0.25) is 18.5 Å². The number of nitrogens with zero attached hydrogens (tertiary/aromatic N) is 5. The van der Waals surface area contributed by atoms with Crippen molar-refractivity contribution < 1.29 is 28.2 Å². The quantitative estimate of drug-likeness (QED) is 0.486. The fourth-order valence-electron chi connectivity index (χ4n) is 3.38. The second-order valence-corrected chi connectivity index (χ2v) is 8.69. The average molecular weight is 502 g/mol. The van der Waals surface area contributed by atoms with E-state index < -0.39 is 23.3 Å². The van der Waals surface area contributed by atoms with E-state index in [-0.39, 0.29) is 18.7 Å². The van der Waals surface area contributed by atoms with E-state index in [0.29, 0.717) is 23.7 Å². The number of aliphatic hydroxyl groups excluding tert-OH is 1. The molecule has 0 saturated carbocycles. The summed E-state index contributed by atoms with van der Waals surface area (Å²) in [5.74, 6) is 3.78. The van der Waals surface area contributed by atoms with Crippen LogP contribution in [0.3, 0.4) is 0 Å². The highest BCUT2D eigenvalue weighted by atomic mass is 19.4. The molecule has 14 heteroatoms. The Bertz CT molecular complexity index is 1240. The molecule has 3 rings (SSSR count). The molecule has 0 radical (unpaired) electrons. The third-order valence-corrected chi connectivity index (χ3v) is 5.28. The van der Waals surface area contributed by atoms with Crippen LogP contribution in [-0.2, 0) is 24.9 Å². The van der Waals surface area contributed by atoms with Gasteiger partial charge in [-0.25, -0.2) is 9.59 Å². The third-order valence-electron chi connectivity index (χ3n) is 5.28. The van der Waals surface area contributed by atoms with Crippen molar-refractivity contribution in [3.63, 3.8) is 0 Å². The molecule has 194 valence electrons. The Morgan fingerprint density at radius 1 is 1.17 bits per heavy atom. The number of carboxylic acids is 1. The number of hydrogen-bond donors (Lipinski definition) is 3. The third kappa shape index (κ3) is 6.43. The van der Waals surface area contributed by atoms with Gasteiger partial charge in [0, 0.05) is 51.8 Å². The summed E-state index contributed by atoms with van der Waals surface area (Å²) in [6, 6.07) is 0. The van der Waals surface area contributed by atoms with Crippen LogP contribution >= 0.6 is 0 Å².